The number of ether oxygens (including phenoxy) is 1. The molecular weight excluding hydrogens is 319 g/mol. The van der Waals surface area contributed by atoms with Gasteiger partial charge in [0.05, 0.1) is 5.70 Å². The summed E-state index contributed by atoms with van der Waals surface area (Å²) in [6.07, 6.45) is 1.52. The number of hydrogen-bond acceptors (Lipinski definition) is 4. The van der Waals surface area contributed by atoms with Crippen LogP contribution in [0.3, 0.4) is 0 Å². The minimum absolute atomic E-state index is 0.178. The fourth-order valence-corrected chi connectivity index (χ4v) is 3.50. The van der Waals surface area contributed by atoms with Crippen LogP contribution in [0, 0.1) is 12.7 Å². The molecule has 0 spiro atoms. The van der Waals surface area contributed by atoms with E-state index in [2.05, 4.69) is 28.4 Å². The molecule has 1 aromatic heterocycles. The van der Waals surface area contributed by atoms with Crippen molar-refractivity contribution >= 4 is 11.6 Å². The van der Waals surface area contributed by atoms with E-state index in [1.54, 1.807) is 12.1 Å². The van der Waals surface area contributed by atoms with Crippen LogP contribution in [-0.4, -0.2) is 21.4 Å². The van der Waals surface area contributed by atoms with Crippen LogP contribution in [0.1, 0.15) is 22.7 Å². The topological polar surface area (TPSA) is 52.0 Å². The highest BCUT2D eigenvalue weighted by Crippen LogP contribution is 2.43. The van der Waals surface area contributed by atoms with Crippen molar-refractivity contribution in [3.05, 3.63) is 76.9 Å². The summed E-state index contributed by atoms with van der Waals surface area (Å²) < 4.78 is 21.2. The van der Waals surface area contributed by atoms with Crippen LogP contribution >= 0.6 is 0 Å². The maximum Gasteiger partial charge on any atom is 0.226 e. The number of fused-ring (bicyclic) bond motifs is 3. The fraction of sp³-hybridized carbons (Fsp3) is 0.158. The Bertz CT molecular complexity index is 1010. The van der Waals surface area contributed by atoms with Gasteiger partial charge in [0.25, 0.3) is 0 Å². The quantitative estimate of drug-likeness (QED) is 0.739. The maximum absolute atomic E-state index is 13.4. The number of anilines is 1. The normalized spacial score (nSPS) is 17.9. The molecule has 0 saturated carbocycles. The highest BCUT2D eigenvalue weighted by atomic mass is 19.1. The lowest BCUT2D eigenvalue weighted by atomic mass is 9.91. The molecule has 0 unspecified atom stereocenters. The van der Waals surface area contributed by atoms with Crippen LogP contribution in [-0.2, 0) is 0 Å². The second-order valence-electron chi connectivity index (χ2n) is 6.30. The molecule has 3 heterocycles. The largest absolute Gasteiger partial charge is 0.488 e. The van der Waals surface area contributed by atoms with Gasteiger partial charge in [0.2, 0.25) is 5.95 Å². The van der Waals surface area contributed by atoms with Gasteiger partial charge in [0.15, 0.2) is 0 Å². The third-order valence-corrected chi connectivity index (χ3v) is 4.68. The van der Waals surface area contributed by atoms with Gasteiger partial charge in [-0.15, -0.1) is 0 Å². The Morgan fingerprint density at radius 1 is 1.20 bits per heavy atom. The second kappa shape index (κ2) is 5.17. The van der Waals surface area contributed by atoms with E-state index < -0.39 is 0 Å². The van der Waals surface area contributed by atoms with E-state index in [4.69, 9.17) is 4.74 Å². The predicted molar refractivity (Wildman–Crippen MR) is 91.8 cm³/mol. The summed E-state index contributed by atoms with van der Waals surface area (Å²) in [5.74, 6) is 1.26. The maximum atomic E-state index is 13.4. The Morgan fingerprint density at radius 3 is 2.88 bits per heavy atom. The molecule has 0 aliphatic carbocycles. The van der Waals surface area contributed by atoms with Gasteiger partial charge in [-0.3, -0.25) is 0 Å². The molecule has 0 radical (unpaired) electrons. The van der Waals surface area contributed by atoms with Gasteiger partial charge in [-0.25, -0.2) is 9.07 Å². The third kappa shape index (κ3) is 2.14. The van der Waals surface area contributed by atoms with Crippen molar-refractivity contribution in [1.82, 2.24) is 14.8 Å². The molecule has 1 N–H and O–H groups in total. The molecule has 3 aromatic rings. The molecule has 6 heteroatoms. The first kappa shape index (κ1) is 14.2. The number of nitrogens with one attached hydrogen (secondary N) is 1. The number of rotatable bonds is 1. The smallest absolute Gasteiger partial charge is 0.226 e. The van der Waals surface area contributed by atoms with Crippen molar-refractivity contribution in [3.63, 3.8) is 0 Å². The second-order valence-corrected chi connectivity index (χ2v) is 6.30. The molecule has 25 heavy (non-hydrogen) atoms. The molecule has 1 atom stereocenters. The van der Waals surface area contributed by atoms with Crippen LogP contribution in [0.4, 0.5) is 10.3 Å². The molecule has 2 aliphatic heterocycles. The first-order chi connectivity index (χ1) is 12.2. The number of nitrogens with zero attached hydrogens (tertiary/aromatic N) is 3. The molecule has 0 saturated heterocycles. The van der Waals surface area contributed by atoms with E-state index in [9.17, 15) is 4.39 Å². The summed E-state index contributed by atoms with van der Waals surface area (Å²) in [5.41, 5.74) is 5.18. The van der Waals surface area contributed by atoms with Gasteiger partial charge in [0.1, 0.15) is 30.5 Å². The summed E-state index contributed by atoms with van der Waals surface area (Å²) in [6.45, 7) is 2.50. The number of benzene rings is 2. The zero-order chi connectivity index (χ0) is 17.0. The summed E-state index contributed by atoms with van der Waals surface area (Å²) in [7, 11) is 0. The first-order valence-electron chi connectivity index (χ1n) is 8.09. The van der Waals surface area contributed by atoms with E-state index in [0.717, 1.165) is 33.7 Å². The van der Waals surface area contributed by atoms with Gasteiger partial charge in [0, 0.05) is 11.1 Å². The Kier molecular flexibility index (Phi) is 2.94. The van der Waals surface area contributed by atoms with E-state index in [1.807, 2.05) is 16.8 Å². The molecule has 0 fully saturated rings. The molecular formula is C19H15FN4O. The summed E-state index contributed by atoms with van der Waals surface area (Å²) in [6, 6.07) is 12.5. The zero-order valence-corrected chi connectivity index (χ0v) is 13.5. The van der Waals surface area contributed by atoms with Gasteiger partial charge in [-0.1, -0.05) is 23.8 Å². The Morgan fingerprint density at radius 2 is 2.04 bits per heavy atom. The van der Waals surface area contributed by atoms with Crippen molar-refractivity contribution in [2.45, 2.75) is 13.0 Å². The van der Waals surface area contributed by atoms with Crippen molar-refractivity contribution in [2.75, 3.05) is 11.9 Å². The van der Waals surface area contributed by atoms with Gasteiger partial charge in [-0.05, 0) is 36.8 Å². The standard InChI is InChI=1S/C19H15FN4O/c1-11-2-7-16-14(8-11)17-15(9-25-16)18(12-3-5-13(20)6-4-12)24-19(23-17)21-10-22-24/h2-8,10,18H,9H2,1H3,(H,21,22,23)/t18-/m0/s1. The minimum Gasteiger partial charge on any atom is -0.488 e. The molecule has 2 aromatic carbocycles. The van der Waals surface area contributed by atoms with Gasteiger partial charge in [-0.2, -0.15) is 10.1 Å². The highest BCUT2D eigenvalue weighted by Gasteiger charge is 2.34. The van der Waals surface area contributed by atoms with Crippen molar-refractivity contribution in [1.29, 1.82) is 0 Å². The average Bonchev–Trinajstić information content (AvgIpc) is 3.09. The number of halogens is 1. The van der Waals surface area contributed by atoms with E-state index >= 15 is 0 Å². The van der Waals surface area contributed by atoms with Crippen molar-refractivity contribution in [2.24, 2.45) is 0 Å². The Labute approximate surface area is 143 Å². The summed E-state index contributed by atoms with van der Waals surface area (Å²) in [4.78, 5) is 4.33. The Hall–Kier alpha value is -3.15. The first-order valence-corrected chi connectivity index (χ1v) is 8.09. The van der Waals surface area contributed by atoms with Gasteiger partial charge >= 0.3 is 0 Å². The molecule has 5 rings (SSSR count). The third-order valence-electron chi connectivity index (χ3n) is 4.68. The molecule has 5 nitrogen and oxygen atoms in total. The number of hydrogen-bond donors (Lipinski definition) is 1. The predicted octanol–water partition coefficient (Wildman–Crippen LogP) is 3.54. The van der Waals surface area contributed by atoms with Crippen molar-refractivity contribution < 1.29 is 9.13 Å². The van der Waals surface area contributed by atoms with E-state index in [1.165, 1.54) is 18.5 Å². The highest BCUT2D eigenvalue weighted by molar-refractivity contribution is 5.84. The lowest BCUT2D eigenvalue weighted by molar-refractivity contribution is 0.328. The SMILES string of the molecule is Cc1ccc2c(c1)C1=C(CO2)[C@H](c2ccc(F)cc2)n2ncnc2N1. The fourth-order valence-electron chi connectivity index (χ4n) is 3.50. The molecule has 2 aliphatic rings. The monoisotopic (exact) mass is 334 g/mol. The van der Waals surface area contributed by atoms with Crippen LogP contribution in [0.5, 0.6) is 5.75 Å². The lowest BCUT2D eigenvalue weighted by Crippen LogP contribution is -2.30. The molecule has 0 bridgehead atoms. The van der Waals surface area contributed by atoms with E-state index in [-0.39, 0.29) is 11.9 Å². The van der Waals surface area contributed by atoms with E-state index in [0.29, 0.717) is 12.6 Å². The molecule has 124 valence electrons. The number of aromatic nitrogens is 3. The minimum atomic E-state index is -0.258. The summed E-state index contributed by atoms with van der Waals surface area (Å²) >= 11 is 0. The van der Waals surface area contributed by atoms with Crippen LogP contribution < -0.4 is 10.1 Å². The summed E-state index contributed by atoms with van der Waals surface area (Å²) in [5, 5.41) is 7.75. The molecule has 0 amide bonds. The lowest BCUT2D eigenvalue weighted by Gasteiger charge is -2.34. The number of aryl methyl sites for hydroxylation is 1. The zero-order valence-electron chi connectivity index (χ0n) is 13.5. The van der Waals surface area contributed by atoms with Crippen LogP contribution in [0.25, 0.3) is 5.70 Å². The van der Waals surface area contributed by atoms with Crippen molar-refractivity contribution in [3.8, 4) is 5.75 Å². The van der Waals surface area contributed by atoms with Crippen LogP contribution in [0.15, 0.2) is 54.4 Å². The Balaban J connectivity index is 1.73. The average molecular weight is 334 g/mol. The van der Waals surface area contributed by atoms with Crippen LogP contribution in [0.2, 0.25) is 0 Å². The van der Waals surface area contributed by atoms with Gasteiger partial charge < -0.3 is 10.1 Å².